The van der Waals surface area contributed by atoms with Crippen molar-refractivity contribution >= 4 is 34.1 Å². The summed E-state index contributed by atoms with van der Waals surface area (Å²) in [5, 5.41) is 15.2. The van der Waals surface area contributed by atoms with Gasteiger partial charge in [-0.3, -0.25) is 19.7 Å². The summed E-state index contributed by atoms with van der Waals surface area (Å²) in [5.41, 5.74) is 1.04. The van der Waals surface area contributed by atoms with Crippen LogP contribution in [0.15, 0.2) is 6.20 Å². The molecule has 0 radical (unpaired) electrons. The van der Waals surface area contributed by atoms with Crippen LogP contribution in [-0.2, 0) is 17.8 Å². The highest BCUT2D eigenvalue weighted by atomic mass is 32.1. The van der Waals surface area contributed by atoms with E-state index >= 15 is 0 Å². The lowest BCUT2D eigenvalue weighted by Gasteiger charge is -2.23. The number of amides is 2. The number of rotatable bonds is 6. The van der Waals surface area contributed by atoms with Crippen molar-refractivity contribution in [3.8, 4) is 0 Å². The van der Waals surface area contributed by atoms with Crippen molar-refractivity contribution in [2.24, 2.45) is 0 Å². The fourth-order valence-corrected chi connectivity index (χ4v) is 4.21. The van der Waals surface area contributed by atoms with Gasteiger partial charge in [0.15, 0.2) is 5.13 Å². The Morgan fingerprint density at radius 1 is 1.28 bits per heavy atom. The van der Waals surface area contributed by atoms with Crippen LogP contribution < -0.4 is 10.6 Å². The molecule has 3 rings (SSSR count). The highest BCUT2D eigenvalue weighted by Crippen LogP contribution is 2.30. The average molecular weight is 419 g/mol. The van der Waals surface area contributed by atoms with E-state index < -0.39 is 17.2 Å². The number of nitrogens with zero attached hydrogens (tertiary/aromatic N) is 2. The third-order valence-corrected chi connectivity index (χ3v) is 5.83. The molecule has 29 heavy (non-hydrogen) atoms. The predicted octanol–water partition coefficient (Wildman–Crippen LogP) is 2.22. The van der Waals surface area contributed by atoms with Gasteiger partial charge in [0.2, 0.25) is 0 Å². The Balaban J connectivity index is 1.97. The first kappa shape index (κ1) is 21.2. The van der Waals surface area contributed by atoms with Gasteiger partial charge in [-0.05, 0) is 52.5 Å². The minimum atomic E-state index is -0.916. The monoisotopic (exact) mass is 418 g/mol. The molecule has 2 amide bonds. The second kappa shape index (κ2) is 8.08. The fourth-order valence-electron chi connectivity index (χ4n) is 3.55. The number of thiazole rings is 1. The summed E-state index contributed by atoms with van der Waals surface area (Å²) in [6, 6.07) is 0. The maximum absolute atomic E-state index is 13.0. The Bertz CT molecular complexity index is 974. The molecule has 9 heteroatoms. The number of Topliss-reactive ketones (excluding diaryl/α,β-unsaturated/α-hetero) is 1. The van der Waals surface area contributed by atoms with E-state index in [1.807, 2.05) is 6.92 Å². The van der Waals surface area contributed by atoms with Crippen LogP contribution in [0.2, 0.25) is 0 Å². The third-order valence-electron chi connectivity index (χ3n) is 5.00. The van der Waals surface area contributed by atoms with Crippen LogP contribution in [0.5, 0.6) is 0 Å². The molecule has 2 aromatic heterocycles. The van der Waals surface area contributed by atoms with Crippen molar-refractivity contribution in [1.29, 1.82) is 0 Å². The first-order valence-electron chi connectivity index (χ1n) is 9.58. The summed E-state index contributed by atoms with van der Waals surface area (Å²) in [7, 11) is 0. The van der Waals surface area contributed by atoms with Crippen LogP contribution in [0.25, 0.3) is 0 Å². The van der Waals surface area contributed by atoms with Crippen LogP contribution in [0.3, 0.4) is 0 Å². The summed E-state index contributed by atoms with van der Waals surface area (Å²) in [6.45, 7) is 7.16. The first-order valence-corrected chi connectivity index (χ1v) is 10.4. The van der Waals surface area contributed by atoms with Crippen LogP contribution >= 0.6 is 11.3 Å². The molecule has 0 saturated carbocycles. The summed E-state index contributed by atoms with van der Waals surface area (Å²) < 4.78 is 1.80. The van der Waals surface area contributed by atoms with Crippen molar-refractivity contribution in [2.45, 2.75) is 59.0 Å². The Kier molecular flexibility index (Phi) is 5.90. The predicted molar refractivity (Wildman–Crippen MR) is 111 cm³/mol. The van der Waals surface area contributed by atoms with E-state index in [0.29, 0.717) is 29.2 Å². The zero-order valence-electron chi connectivity index (χ0n) is 17.1. The number of hydrogen-bond acceptors (Lipinski definition) is 6. The maximum Gasteiger partial charge on any atom is 0.294 e. The second-order valence-electron chi connectivity index (χ2n) is 7.96. The molecule has 1 aliphatic heterocycles. The number of carbonyl (C=O) groups is 3. The minimum absolute atomic E-state index is 0.242. The van der Waals surface area contributed by atoms with E-state index in [1.165, 1.54) is 11.3 Å². The van der Waals surface area contributed by atoms with E-state index in [4.69, 9.17) is 0 Å². The molecule has 0 fully saturated rings. The largest absolute Gasteiger partial charge is 0.394 e. The van der Waals surface area contributed by atoms with E-state index in [1.54, 1.807) is 31.5 Å². The number of nitrogens with one attached hydrogen (secondary N) is 2. The molecule has 0 aromatic carbocycles. The van der Waals surface area contributed by atoms with Gasteiger partial charge in [0.05, 0.1) is 23.4 Å². The van der Waals surface area contributed by atoms with Gasteiger partial charge in [-0.1, -0.05) is 0 Å². The number of ketones is 1. The number of aliphatic hydroxyl groups is 1. The lowest BCUT2D eigenvalue weighted by Crippen LogP contribution is -2.49. The lowest BCUT2D eigenvalue weighted by molar-refractivity contribution is -0.119. The summed E-state index contributed by atoms with van der Waals surface area (Å²) in [5.74, 6) is -1.81. The highest BCUT2D eigenvalue weighted by molar-refractivity contribution is 7.15. The van der Waals surface area contributed by atoms with Gasteiger partial charge in [0.25, 0.3) is 17.6 Å². The average Bonchev–Trinajstić information content (AvgIpc) is 3.20. The molecule has 0 saturated heterocycles. The Labute approximate surface area is 173 Å². The zero-order chi connectivity index (χ0) is 21.3. The number of aromatic nitrogens is 2. The van der Waals surface area contributed by atoms with Gasteiger partial charge in [-0.15, -0.1) is 11.3 Å². The van der Waals surface area contributed by atoms with Gasteiger partial charge in [-0.25, -0.2) is 4.98 Å². The molecule has 156 valence electrons. The first-order chi connectivity index (χ1) is 13.6. The zero-order valence-corrected chi connectivity index (χ0v) is 17.9. The standard InChI is InChI=1S/C20H26N4O4S/c1-11-9-21-19(29-11)22-17(27)14-12(2)15(24-8-6-5-7-13(14)24)16(26)18(28)23-20(3,4)10-25/h9,25H,5-8,10H2,1-4H3,(H,23,28)(H,21,22,27). The van der Waals surface area contributed by atoms with Crippen LogP contribution in [0.1, 0.15) is 63.7 Å². The Morgan fingerprint density at radius 3 is 2.62 bits per heavy atom. The van der Waals surface area contributed by atoms with Crippen LogP contribution in [0, 0.1) is 13.8 Å². The quantitative estimate of drug-likeness (QED) is 0.492. The third kappa shape index (κ3) is 4.25. The number of anilines is 1. The highest BCUT2D eigenvalue weighted by Gasteiger charge is 2.33. The number of hydrogen-bond donors (Lipinski definition) is 3. The van der Waals surface area contributed by atoms with Crippen molar-refractivity contribution in [2.75, 3.05) is 11.9 Å². The molecular formula is C20H26N4O4S. The van der Waals surface area contributed by atoms with Gasteiger partial charge < -0.3 is 15.0 Å². The van der Waals surface area contributed by atoms with Gasteiger partial charge in [-0.2, -0.15) is 0 Å². The number of carbonyl (C=O) groups excluding carboxylic acids is 3. The Morgan fingerprint density at radius 2 is 2.00 bits per heavy atom. The molecule has 1 aliphatic rings. The maximum atomic E-state index is 13.0. The molecule has 0 bridgehead atoms. The molecule has 0 atom stereocenters. The van der Waals surface area contributed by atoms with E-state index in [9.17, 15) is 19.5 Å². The minimum Gasteiger partial charge on any atom is -0.394 e. The van der Waals surface area contributed by atoms with Gasteiger partial charge in [0, 0.05) is 23.3 Å². The van der Waals surface area contributed by atoms with Crippen molar-refractivity contribution in [1.82, 2.24) is 14.9 Å². The van der Waals surface area contributed by atoms with E-state index in [2.05, 4.69) is 15.6 Å². The fraction of sp³-hybridized carbons (Fsp3) is 0.500. The number of fused-ring (bicyclic) bond motifs is 1. The van der Waals surface area contributed by atoms with Gasteiger partial charge >= 0.3 is 0 Å². The van der Waals surface area contributed by atoms with E-state index in [-0.39, 0.29) is 18.2 Å². The van der Waals surface area contributed by atoms with Crippen molar-refractivity contribution in [3.05, 3.63) is 33.6 Å². The Hall–Kier alpha value is -2.52. The SMILES string of the molecule is Cc1cnc(NC(=O)c2c(C)c(C(=O)C(=O)NC(C)(C)CO)n3c2CCCC3)s1. The number of aliphatic hydroxyl groups excluding tert-OH is 1. The van der Waals surface area contributed by atoms with Crippen molar-refractivity contribution in [3.63, 3.8) is 0 Å². The normalized spacial score (nSPS) is 13.7. The summed E-state index contributed by atoms with van der Waals surface area (Å²) in [6.07, 6.45) is 4.14. The molecule has 2 aromatic rings. The molecule has 3 N–H and O–H groups in total. The van der Waals surface area contributed by atoms with Gasteiger partial charge in [0.1, 0.15) is 0 Å². The van der Waals surface area contributed by atoms with Crippen LogP contribution in [-0.4, -0.2) is 44.4 Å². The number of aryl methyl sites for hydroxylation is 1. The molecule has 0 aliphatic carbocycles. The van der Waals surface area contributed by atoms with Crippen molar-refractivity contribution < 1.29 is 19.5 Å². The molecule has 0 spiro atoms. The van der Waals surface area contributed by atoms with Crippen LogP contribution in [0.4, 0.5) is 5.13 Å². The molecular weight excluding hydrogens is 392 g/mol. The topological polar surface area (TPSA) is 113 Å². The smallest absolute Gasteiger partial charge is 0.294 e. The molecule has 3 heterocycles. The summed E-state index contributed by atoms with van der Waals surface area (Å²) in [4.78, 5) is 43.7. The molecule has 8 nitrogen and oxygen atoms in total. The second-order valence-corrected chi connectivity index (χ2v) is 9.19. The van der Waals surface area contributed by atoms with E-state index in [0.717, 1.165) is 23.4 Å². The summed E-state index contributed by atoms with van der Waals surface area (Å²) >= 11 is 1.38. The molecule has 0 unspecified atom stereocenters. The lowest BCUT2D eigenvalue weighted by atomic mass is 10.0.